The summed E-state index contributed by atoms with van der Waals surface area (Å²) in [7, 11) is 1.87. The fraction of sp³-hybridized carbons (Fsp3) is 0.909. The lowest BCUT2D eigenvalue weighted by Gasteiger charge is -2.25. The molecule has 15 heavy (non-hydrogen) atoms. The van der Waals surface area contributed by atoms with Crippen molar-refractivity contribution in [2.75, 3.05) is 39.9 Å². The summed E-state index contributed by atoms with van der Waals surface area (Å²) in [6.45, 7) is 8.21. The van der Waals surface area contributed by atoms with E-state index in [0.29, 0.717) is 0 Å². The van der Waals surface area contributed by atoms with E-state index in [4.69, 9.17) is 4.74 Å². The Morgan fingerprint density at radius 2 is 2.27 bits per heavy atom. The molecule has 1 amide bonds. The van der Waals surface area contributed by atoms with E-state index in [2.05, 4.69) is 11.8 Å². The minimum absolute atomic E-state index is 0.0838. The van der Waals surface area contributed by atoms with Crippen LogP contribution in [-0.4, -0.2) is 61.6 Å². The Bertz CT molecular complexity index is 209. The Hall–Kier alpha value is -0.610. The SMILES string of the molecule is CCOCCN(CC)C1CCN(C)C1=O. The van der Waals surface area contributed by atoms with Gasteiger partial charge in [0, 0.05) is 26.7 Å². The summed E-state index contributed by atoms with van der Waals surface area (Å²) in [5.41, 5.74) is 0. The Kier molecular flexibility index (Phi) is 5.05. The van der Waals surface area contributed by atoms with Gasteiger partial charge in [0.1, 0.15) is 0 Å². The second-order valence-corrected chi connectivity index (χ2v) is 3.89. The van der Waals surface area contributed by atoms with E-state index in [1.54, 1.807) is 0 Å². The first kappa shape index (κ1) is 12.5. The van der Waals surface area contributed by atoms with Crippen LogP contribution >= 0.6 is 0 Å². The molecule has 0 saturated carbocycles. The van der Waals surface area contributed by atoms with Gasteiger partial charge in [0.2, 0.25) is 5.91 Å². The largest absolute Gasteiger partial charge is 0.380 e. The zero-order valence-electron chi connectivity index (χ0n) is 10.0. The van der Waals surface area contributed by atoms with Crippen LogP contribution < -0.4 is 0 Å². The normalized spacial score (nSPS) is 21.7. The molecule has 88 valence electrons. The van der Waals surface area contributed by atoms with Crippen LogP contribution in [0.1, 0.15) is 20.3 Å². The molecule has 4 nitrogen and oxygen atoms in total. The minimum atomic E-state index is 0.0838. The minimum Gasteiger partial charge on any atom is -0.380 e. The Balaban J connectivity index is 2.40. The van der Waals surface area contributed by atoms with Gasteiger partial charge in [0.15, 0.2) is 0 Å². The molecule has 1 aliphatic rings. The first-order valence-corrected chi connectivity index (χ1v) is 5.77. The number of carbonyl (C=O) groups is 1. The van der Waals surface area contributed by atoms with Crippen LogP contribution in [0, 0.1) is 0 Å². The molecule has 1 fully saturated rings. The monoisotopic (exact) mass is 214 g/mol. The van der Waals surface area contributed by atoms with Gasteiger partial charge in [0.25, 0.3) is 0 Å². The number of ether oxygens (including phenoxy) is 1. The number of amides is 1. The maximum atomic E-state index is 11.8. The highest BCUT2D eigenvalue weighted by atomic mass is 16.5. The second kappa shape index (κ2) is 6.08. The highest BCUT2D eigenvalue weighted by molar-refractivity contribution is 5.83. The molecule has 4 heteroatoms. The van der Waals surface area contributed by atoms with Crippen molar-refractivity contribution in [3.05, 3.63) is 0 Å². The molecule has 1 aliphatic heterocycles. The smallest absolute Gasteiger partial charge is 0.239 e. The lowest BCUT2D eigenvalue weighted by Crippen LogP contribution is -2.42. The van der Waals surface area contributed by atoms with Crippen LogP contribution in [-0.2, 0) is 9.53 Å². The predicted octanol–water partition coefficient (Wildman–Crippen LogP) is 0.576. The van der Waals surface area contributed by atoms with E-state index in [0.717, 1.165) is 39.3 Å². The summed E-state index contributed by atoms with van der Waals surface area (Å²) in [4.78, 5) is 15.8. The van der Waals surface area contributed by atoms with Gasteiger partial charge in [-0.1, -0.05) is 6.92 Å². The van der Waals surface area contributed by atoms with Gasteiger partial charge in [0.05, 0.1) is 12.6 Å². The number of likely N-dealkylation sites (tertiary alicyclic amines) is 1. The summed E-state index contributed by atoms with van der Waals surface area (Å²) in [5, 5.41) is 0. The van der Waals surface area contributed by atoms with Gasteiger partial charge in [-0.2, -0.15) is 0 Å². The maximum absolute atomic E-state index is 11.8. The number of nitrogens with zero attached hydrogens (tertiary/aromatic N) is 2. The van der Waals surface area contributed by atoms with Crippen molar-refractivity contribution in [1.29, 1.82) is 0 Å². The van der Waals surface area contributed by atoms with Crippen LogP contribution in [0.25, 0.3) is 0 Å². The van der Waals surface area contributed by atoms with E-state index in [1.807, 2.05) is 18.9 Å². The zero-order valence-corrected chi connectivity index (χ0v) is 10.0. The predicted molar refractivity (Wildman–Crippen MR) is 59.8 cm³/mol. The molecule has 1 rings (SSSR count). The highest BCUT2D eigenvalue weighted by Crippen LogP contribution is 2.15. The highest BCUT2D eigenvalue weighted by Gasteiger charge is 2.32. The average Bonchev–Trinajstić information content (AvgIpc) is 2.56. The lowest BCUT2D eigenvalue weighted by atomic mass is 10.2. The molecule has 1 unspecified atom stereocenters. The molecule has 0 aromatic rings. The standard InChI is InChI=1S/C11H22N2O2/c1-4-13(8-9-15-5-2)10-6-7-12(3)11(10)14/h10H,4-9H2,1-3H3. The number of rotatable bonds is 6. The number of hydrogen-bond donors (Lipinski definition) is 0. The molecule has 0 spiro atoms. The Morgan fingerprint density at radius 1 is 1.53 bits per heavy atom. The van der Waals surface area contributed by atoms with E-state index in [-0.39, 0.29) is 11.9 Å². The van der Waals surface area contributed by atoms with Crippen LogP contribution in [0.15, 0.2) is 0 Å². The van der Waals surface area contributed by atoms with E-state index in [1.165, 1.54) is 0 Å². The van der Waals surface area contributed by atoms with Crippen molar-refractivity contribution in [3.63, 3.8) is 0 Å². The van der Waals surface area contributed by atoms with Gasteiger partial charge >= 0.3 is 0 Å². The van der Waals surface area contributed by atoms with Crippen LogP contribution in [0.3, 0.4) is 0 Å². The fourth-order valence-electron chi connectivity index (χ4n) is 2.00. The first-order chi connectivity index (χ1) is 7.20. The van der Waals surface area contributed by atoms with Crippen molar-refractivity contribution >= 4 is 5.91 Å². The third kappa shape index (κ3) is 3.18. The van der Waals surface area contributed by atoms with Crippen molar-refractivity contribution in [3.8, 4) is 0 Å². The van der Waals surface area contributed by atoms with Gasteiger partial charge < -0.3 is 9.64 Å². The van der Waals surface area contributed by atoms with Gasteiger partial charge in [-0.3, -0.25) is 9.69 Å². The van der Waals surface area contributed by atoms with E-state index < -0.39 is 0 Å². The maximum Gasteiger partial charge on any atom is 0.239 e. The third-order valence-corrected chi connectivity index (χ3v) is 2.97. The molecule has 0 aromatic heterocycles. The number of likely N-dealkylation sites (N-methyl/N-ethyl adjacent to an activating group) is 2. The summed E-state index contributed by atoms with van der Waals surface area (Å²) < 4.78 is 5.32. The van der Waals surface area contributed by atoms with Gasteiger partial charge in [-0.25, -0.2) is 0 Å². The molecule has 1 saturated heterocycles. The topological polar surface area (TPSA) is 32.8 Å². The van der Waals surface area contributed by atoms with Crippen LogP contribution in [0.5, 0.6) is 0 Å². The molecule has 0 N–H and O–H groups in total. The van der Waals surface area contributed by atoms with E-state index in [9.17, 15) is 4.79 Å². The lowest BCUT2D eigenvalue weighted by molar-refractivity contribution is -0.131. The zero-order chi connectivity index (χ0) is 11.3. The number of hydrogen-bond acceptors (Lipinski definition) is 3. The van der Waals surface area contributed by atoms with Crippen LogP contribution in [0.4, 0.5) is 0 Å². The van der Waals surface area contributed by atoms with Crippen molar-refractivity contribution in [2.45, 2.75) is 26.3 Å². The van der Waals surface area contributed by atoms with Crippen LogP contribution in [0.2, 0.25) is 0 Å². The number of carbonyl (C=O) groups excluding carboxylic acids is 1. The summed E-state index contributed by atoms with van der Waals surface area (Å²) in [6, 6.07) is 0.0838. The molecule has 0 aliphatic carbocycles. The fourth-order valence-corrected chi connectivity index (χ4v) is 2.00. The quantitative estimate of drug-likeness (QED) is 0.606. The summed E-state index contributed by atoms with van der Waals surface area (Å²) in [6.07, 6.45) is 0.954. The third-order valence-electron chi connectivity index (χ3n) is 2.97. The van der Waals surface area contributed by atoms with E-state index >= 15 is 0 Å². The summed E-state index contributed by atoms with van der Waals surface area (Å²) >= 11 is 0. The molecule has 1 atom stereocenters. The molecule has 0 bridgehead atoms. The molecular weight excluding hydrogens is 192 g/mol. The van der Waals surface area contributed by atoms with Gasteiger partial charge in [-0.05, 0) is 19.9 Å². The van der Waals surface area contributed by atoms with Crippen molar-refractivity contribution in [1.82, 2.24) is 9.80 Å². The molecule has 1 heterocycles. The van der Waals surface area contributed by atoms with Crippen molar-refractivity contribution < 1.29 is 9.53 Å². The first-order valence-electron chi connectivity index (χ1n) is 5.77. The molecule has 0 aromatic carbocycles. The van der Waals surface area contributed by atoms with Gasteiger partial charge in [-0.15, -0.1) is 0 Å². The average molecular weight is 214 g/mol. The molecular formula is C11H22N2O2. The Morgan fingerprint density at radius 3 is 2.73 bits per heavy atom. The Labute approximate surface area is 92.2 Å². The summed E-state index contributed by atoms with van der Waals surface area (Å²) in [5.74, 6) is 0.258. The molecule has 0 radical (unpaired) electrons. The van der Waals surface area contributed by atoms with Crippen molar-refractivity contribution in [2.24, 2.45) is 0 Å². The second-order valence-electron chi connectivity index (χ2n) is 3.89.